The number of anilines is 1. The van der Waals surface area contributed by atoms with E-state index in [1.807, 2.05) is 0 Å². The van der Waals surface area contributed by atoms with E-state index in [2.05, 4.69) is 0 Å². The van der Waals surface area contributed by atoms with Crippen LogP contribution in [0.2, 0.25) is 0 Å². The molecule has 8 heteroatoms. The van der Waals surface area contributed by atoms with Crippen LogP contribution in [-0.4, -0.2) is 54.4 Å². The Morgan fingerprint density at radius 1 is 1.15 bits per heavy atom. The van der Waals surface area contributed by atoms with Crippen LogP contribution >= 0.6 is 0 Å². The lowest BCUT2D eigenvalue weighted by molar-refractivity contribution is -0.143. The van der Waals surface area contributed by atoms with Crippen LogP contribution in [0.15, 0.2) is 48.0 Å². The number of para-hydroxylation sites is 1. The predicted octanol–water partition coefficient (Wildman–Crippen LogP) is 3.11. The van der Waals surface area contributed by atoms with Crippen LogP contribution in [0.4, 0.5) is 10.1 Å². The first-order valence-corrected chi connectivity index (χ1v) is 10.8. The highest BCUT2D eigenvalue weighted by Gasteiger charge is 2.66. The van der Waals surface area contributed by atoms with Crippen LogP contribution in [0.5, 0.6) is 0 Å². The van der Waals surface area contributed by atoms with Crippen molar-refractivity contribution in [2.75, 3.05) is 31.7 Å². The van der Waals surface area contributed by atoms with Crippen LogP contribution < -0.4 is 4.90 Å². The average molecular weight is 452 g/mol. The van der Waals surface area contributed by atoms with Gasteiger partial charge in [-0.15, -0.1) is 0 Å². The number of aryl methyl sites for hydroxylation is 1. The largest absolute Gasteiger partial charge is 0.507 e. The number of ether oxygens (including phenoxy) is 1. The van der Waals surface area contributed by atoms with E-state index in [1.165, 1.54) is 29.0 Å². The molecule has 2 amide bonds. The highest BCUT2D eigenvalue weighted by Crippen LogP contribution is 2.53. The van der Waals surface area contributed by atoms with E-state index >= 15 is 0 Å². The molecule has 0 radical (unpaired) electrons. The van der Waals surface area contributed by atoms with Gasteiger partial charge in [-0.2, -0.15) is 0 Å². The number of fused-ring (bicyclic) bond motifs is 2. The molecule has 2 aromatic carbocycles. The van der Waals surface area contributed by atoms with Crippen molar-refractivity contribution in [3.8, 4) is 0 Å². The molecule has 4 rings (SSSR count). The minimum Gasteiger partial charge on any atom is -0.507 e. The maximum atomic E-state index is 14.3. The molecule has 0 bridgehead atoms. The minimum absolute atomic E-state index is 0.0209. The lowest BCUT2D eigenvalue weighted by atomic mass is 9.81. The number of hydrogen-bond acceptors (Lipinski definition) is 5. The Labute approximate surface area is 191 Å². The summed E-state index contributed by atoms with van der Waals surface area (Å²) in [6.45, 7) is 4.05. The second-order valence-corrected chi connectivity index (χ2v) is 8.10. The zero-order chi connectivity index (χ0) is 23.9. The Bertz CT molecular complexity index is 1190. The van der Waals surface area contributed by atoms with Crippen molar-refractivity contribution < 1.29 is 28.6 Å². The zero-order valence-corrected chi connectivity index (χ0v) is 18.7. The molecule has 33 heavy (non-hydrogen) atoms. The molecule has 1 saturated heterocycles. The third kappa shape index (κ3) is 3.16. The molecule has 2 aliphatic heterocycles. The SMILES string of the molecule is CCN1C(=O)[C@]2(C(=C(O)c3ccc(C)c(F)c3)C(=O)C(=O)N2CCCOC)c2ccccc21. The second-order valence-electron chi connectivity index (χ2n) is 8.10. The van der Waals surface area contributed by atoms with Crippen LogP contribution in [-0.2, 0) is 24.7 Å². The van der Waals surface area contributed by atoms with Gasteiger partial charge in [0.05, 0.1) is 11.3 Å². The third-order valence-corrected chi connectivity index (χ3v) is 6.30. The van der Waals surface area contributed by atoms with Crippen molar-refractivity contribution in [2.45, 2.75) is 25.8 Å². The molecule has 2 heterocycles. The molecule has 2 aromatic rings. The summed E-state index contributed by atoms with van der Waals surface area (Å²) in [5, 5.41) is 11.3. The highest BCUT2D eigenvalue weighted by molar-refractivity contribution is 6.50. The van der Waals surface area contributed by atoms with Crippen LogP contribution in [0, 0.1) is 12.7 Å². The van der Waals surface area contributed by atoms with Crippen molar-refractivity contribution in [3.05, 3.63) is 70.5 Å². The van der Waals surface area contributed by atoms with Gasteiger partial charge in [-0.25, -0.2) is 4.39 Å². The van der Waals surface area contributed by atoms with Crippen LogP contribution in [0.1, 0.15) is 30.0 Å². The van der Waals surface area contributed by atoms with Crippen molar-refractivity contribution in [1.82, 2.24) is 4.90 Å². The van der Waals surface area contributed by atoms with Gasteiger partial charge >= 0.3 is 0 Å². The van der Waals surface area contributed by atoms with E-state index in [0.29, 0.717) is 36.4 Å². The number of aliphatic hydroxyl groups is 1. The Kier molecular flexibility index (Phi) is 5.80. The molecule has 2 aliphatic rings. The van der Waals surface area contributed by atoms with E-state index < -0.39 is 34.7 Å². The van der Waals surface area contributed by atoms with Crippen LogP contribution in [0.25, 0.3) is 5.76 Å². The number of carbonyl (C=O) groups excluding carboxylic acids is 3. The normalized spacial score (nSPS) is 21.4. The summed E-state index contributed by atoms with van der Waals surface area (Å²) in [5.41, 5.74) is -0.804. The van der Waals surface area contributed by atoms with Crippen molar-refractivity contribution in [3.63, 3.8) is 0 Å². The summed E-state index contributed by atoms with van der Waals surface area (Å²) < 4.78 is 19.4. The maximum Gasteiger partial charge on any atom is 0.296 e. The van der Waals surface area contributed by atoms with E-state index in [-0.39, 0.29) is 17.7 Å². The molecule has 1 spiro atoms. The number of halogens is 1. The van der Waals surface area contributed by atoms with E-state index in [4.69, 9.17) is 4.74 Å². The Morgan fingerprint density at radius 3 is 2.55 bits per heavy atom. The molecular formula is C25H25FN2O5. The predicted molar refractivity (Wildman–Crippen MR) is 120 cm³/mol. The first-order valence-electron chi connectivity index (χ1n) is 10.8. The van der Waals surface area contributed by atoms with Gasteiger partial charge in [-0.3, -0.25) is 14.4 Å². The summed E-state index contributed by atoms with van der Waals surface area (Å²) in [6, 6.07) is 10.9. The quantitative estimate of drug-likeness (QED) is 0.315. The first kappa shape index (κ1) is 22.7. The number of amides is 2. The minimum atomic E-state index is -1.83. The van der Waals surface area contributed by atoms with Gasteiger partial charge in [-0.1, -0.05) is 30.3 Å². The van der Waals surface area contributed by atoms with Gasteiger partial charge in [0.25, 0.3) is 17.6 Å². The van der Waals surface area contributed by atoms with Gasteiger partial charge in [0.15, 0.2) is 5.54 Å². The number of likely N-dealkylation sites (N-methyl/N-ethyl adjacent to an activating group) is 1. The fourth-order valence-electron chi connectivity index (χ4n) is 4.73. The molecule has 0 aliphatic carbocycles. The number of methoxy groups -OCH3 is 1. The molecule has 1 fully saturated rings. The Morgan fingerprint density at radius 2 is 1.88 bits per heavy atom. The summed E-state index contributed by atoms with van der Waals surface area (Å²) in [5.74, 6) is -3.52. The number of hydrogen-bond donors (Lipinski definition) is 1. The summed E-state index contributed by atoms with van der Waals surface area (Å²) in [4.78, 5) is 43.2. The number of aliphatic hydroxyl groups excluding tert-OH is 1. The third-order valence-electron chi connectivity index (χ3n) is 6.30. The number of Topliss-reactive ketones (excluding diaryl/α,β-unsaturated/α-hetero) is 1. The fraction of sp³-hybridized carbons (Fsp3) is 0.320. The molecule has 172 valence electrons. The topological polar surface area (TPSA) is 87.2 Å². The maximum absolute atomic E-state index is 14.3. The van der Waals surface area contributed by atoms with Crippen LogP contribution in [0.3, 0.4) is 0 Å². The number of likely N-dealkylation sites (tertiary alicyclic amines) is 1. The zero-order valence-electron chi connectivity index (χ0n) is 18.7. The number of ketones is 1. The Balaban J connectivity index is 2.03. The van der Waals surface area contributed by atoms with Crippen molar-refractivity contribution >= 4 is 29.0 Å². The lowest BCUT2D eigenvalue weighted by Gasteiger charge is -2.34. The second kappa shape index (κ2) is 8.44. The highest BCUT2D eigenvalue weighted by atomic mass is 19.1. The molecule has 0 unspecified atom stereocenters. The monoisotopic (exact) mass is 452 g/mol. The van der Waals surface area contributed by atoms with Gasteiger partial charge in [0, 0.05) is 37.9 Å². The molecule has 1 atom stereocenters. The number of benzene rings is 2. The average Bonchev–Trinajstić information content (AvgIpc) is 3.18. The molecular weight excluding hydrogens is 427 g/mol. The first-order chi connectivity index (χ1) is 15.8. The Hall–Kier alpha value is -3.52. The molecule has 0 aromatic heterocycles. The van der Waals surface area contributed by atoms with Gasteiger partial charge in [0.1, 0.15) is 11.6 Å². The molecule has 7 nitrogen and oxygen atoms in total. The van der Waals surface area contributed by atoms with Crippen molar-refractivity contribution in [1.29, 1.82) is 0 Å². The summed E-state index contributed by atoms with van der Waals surface area (Å²) >= 11 is 0. The summed E-state index contributed by atoms with van der Waals surface area (Å²) in [6.07, 6.45) is 0.381. The number of carbonyl (C=O) groups is 3. The van der Waals surface area contributed by atoms with Gasteiger partial charge < -0.3 is 19.6 Å². The number of rotatable bonds is 6. The fourth-order valence-corrected chi connectivity index (χ4v) is 4.73. The summed E-state index contributed by atoms with van der Waals surface area (Å²) in [7, 11) is 1.52. The molecule has 1 N–H and O–H groups in total. The smallest absolute Gasteiger partial charge is 0.296 e. The lowest BCUT2D eigenvalue weighted by Crippen LogP contribution is -2.52. The number of nitrogens with zero attached hydrogens (tertiary/aromatic N) is 2. The van der Waals surface area contributed by atoms with E-state index in [1.54, 1.807) is 38.1 Å². The van der Waals surface area contributed by atoms with Gasteiger partial charge in [0.2, 0.25) is 0 Å². The van der Waals surface area contributed by atoms with E-state index in [9.17, 15) is 23.9 Å². The van der Waals surface area contributed by atoms with Gasteiger partial charge in [-0.05, 0) is 38.0 Å². The molecule has 0 saturated carbocycles. The standard InChI is InChI=1S/C25H25FN2O5/c1-4-27-19-9-6-5-8-17(19)25(24(27)32)20(21(29)16-11-10-15(2)18(26)14-16)22(30)23(31)28(25)12-7-13-33-3/h5-6,8-11,14,29H,4,7,12-13H2,1-3H3/t25-/m1/s1. The van der Waals surface area contributed by atoms with E-state index in [0.717, 1.165) is 6.07 Å². The van der Waals surface area contributed by atoms with Crippen molar-refractivity contribution in [2.24, 2.45) is 0 Å².